The predicted molar refractivity (Wildman–Crippen MR) is 125 cm³/mol. The predicted octanol–water partition coefficient (Wildman–Crippen LogP) is 2.15. The van der Waals surface area contributed by atoms with E-state index in [4.69, 9.17) is 9.47 Å². The molecule has 0 spiro atoms. The topological polar surface area (TPSA) is 106 Å². The van der Waals surface area contributed by atoms with Gasteiger partial charge in [0.1, 0.15) is 17.5 Å². The Labute approximate surface area is 192 Å². The Kier molecular flexibility index (Phi) is 10.4. The zero-order valence-corrected chi connectivity index (χ0v) is 19.3. The SMILES string of the molecule is CSCCC(NC(=O)COc1ccccc1)C(=O)NNC(=O)COc1c(C)cccc1C. The molecule has 0 aliphatic heterocycles. The molecule has 1 unspecified atom stereocenters. The number of rotatable bonds is 11. The third-order valence-corrected chi connectivity index (χ3v) is 5.10. The summed E-state index contributed by atoms with van der Waals surface area (Å²) in [5, 5.41) is 2.65. The number of carbonyl (C=O) groups excluding carboxylic acids is 3. The molecule has 0 saturated carbocycles. The van der Waals surface area contributed by atoms with Gasteiger partial charge >= 0.3 is 0 Å². The second kappa shape index (κ2) is 13.3. The van der Waals surface area contributed by atoms with Crippen LogP contribution in [0.25, 0.3) is 0 Å². The van der Waals surface area contributed by atoms with Gasteiger partial charge in [0, 0.05) is 0 Å². The molecule has 0 fully saturated rings. The van der Waals surface area contributed by atoms with E-state index in [0.717, 1.165) is 11.1 Å². The first kappa shape index (κ1) is 25.1. The van der Waals surface area contributed by atoms with Crippen molar-refractivity contribution < 1.29 is 23.9 Å². The van der Waals surface area contributed by atoms with Gasteiger partial charge in [-0.3, -0.25) is 25.2 Å². The fourth-order valence-corrected chi connectivity index (χ4v) is 3.30. The largest absolute Gasteiger partial charge is 0.484 e. The monoisotopic (exact) mass is 459 g/mol. The van der Waals surface area contributed by atoms with Gasteiger partial charge in [0.15, 0.2) is 13.2 Å². The van der Waals surface area contributed by atoms with Crippen molar-refractivity contribution in [1.29, 1.82) is 0 Å². The van der Waals surface area contributed by atoms with Crippen LogP contribution in [0.4, 0.5) is 0 Å². The number of hydrazine groups is 1. The summed E-state index contributed by atoms with van der Waals surface area (Å²) < 4.78 is 11.0. The van der Waals surface area contributed by atoms with E-state index in [2.05, 4.69) is 16.2 Å². The molecule has 32 heavy (non-hydrogen) atoms. The minimum Gasteiger partial charge on any atom is -0.484 e. The lowest BCUT2D eigenvalue weighted by atomic mass is 10.1. The maximum atomic E-state index is 12.5. The standard InChI is InChI=1S/C23H29N3O5S/c1-16-8-7-9-17(2)22(16)31-15-21(28)25-26-23(29)19(12-13-32-3)24-20(27)14-30-18-10-5-4-6-11-18/h4-11,19H,12-15H2,1-3H3,(H,24,27)(H,25,28)(H,26,29). The van der Waals surface area contributed by atoms with Crippen LogP contribution in [0, 0.1) is 13.8 Å². The van der Waals surface area contributed by atoms with Crippen LogP contribution in [-0.2, 0) is 14.4 Å². The van der Waals surface area contributed by atoms with E-state index in [0.29, 0.717) is 23.7 Å². The summed E-state index contributed by atoms with van der Waals surface area (Å²) in [4.78, 5) is 36.8. The van der Waals surface area contributed by atoms with Crippen molar-refractivity contribution in [2.45, 2.75) is 26.3 Å². The molecule has 1 atom stereocenters. The van der Waals surface area contributed by atoms with Gasteiger partial charge in [0.2, 0.25) is 0 Å². The second-order valence-corrected chi connectivity index (χ2v) is 8.04. The lowest BCUT2D eigenvalue weighted by Crippen LogP contribution is -2.53. The van der Waals surface area contributed by atoms with Crippen molar-refractivity contribution in [3.05, 3.63) is 59.7 Å². The Hall–Kier alpha value is -3.20. The molecule has 2 aromatic rings. The first-order valence-electron chi connectivity index (χ1n) is 10.1. The molecule has 0 aromatic heterocycles. The highest BCUT2D eigenvalue weighted by atomic mass is 32.2. The molecule has 2 rings (SSSR count). The Morgan fingerprint density at radius 3 is 2.19 bits per heavy atom. The fourth-order valence-electron chi connectivity index (χ4n) is 2.83. The smallest absolute Gasteiger partial charge is 0.276 e. The number of nitrogens with one attached hydrogen (secondary N) is 3. The summed E-state index contributed by atoms with van der Waals surface area (Å²) in [5.41, 5.74) is 6.51. The van der Waals surface area contributed by atoms with Crippen LogP contribution < -0.4 is 25.6 Å². The molecule has 0 saturated heterocycles. The summed E-state index contributed by atoms with van der Waals surface area (Å²) in [6.45, 7) is 3.31. The number of carbonyl (C=O) groups is 3. The number of benzene rings is 2. The molecule has 8 nitrogen and oxygen atoms in total. The Balaban J connectivity index is 1.81. The molecular formula is C23H29N3O5S. The summed E-state index contributed by atoms with van der Waals surface area (Å²) in [6.07, 6.45) is 2.31. The molecule has 0 radical (unpaired) electrons. The minimum atomic E-state index is -0.811. The molecule has 172 valence electrons. The number of amides is 3. The second-order valence-electron chi connectivity index (χ2n) is 7.05. The molecule has 0 heterocycles. The van der Waals surface area contributed by atoms with E-state index >= 15 is 0 Å². The third kappa shape index (κ3) is 8.50. The van der Waals surface area contributed by atoms with Gasteiger partial charge < -0.3 is 14.8 Å². The van der Waals surface area contributed by atoms with Crippen LogP contribution in [0.15, 0.2) is 48.5 Å². The van der Waals surface area contributed by atoms with Gasteiger partial charge in [-0.1, -0.05) is 36.4 Å². The highest BCUT2D eigenvalue weighted by molar-refractivity contribution is 7.98. The lowest BCUT2D eigenvalue weighted by molar-refractivity contribution is -0.133. The maximum Gasteiger partial charge on any atom is 0.276 e. The van der Waals surface area contributed by atoms with Crippen molar-refractivity contribution in [3.8, 4) is 11.5 Å². The van der Waals surface area contributed by atoms with Gasteiger partial charge in [0.25, 0.3) is 17.7 Å². The van der Waals surface area contributed by atoms with Crippen LogP contribution in [0.3, 0.4) is 0 Å². The van der Waals surface area contributed by atoms with Crippen LogP contribution in [0.5, 0.6) is 11.5 Å². The normalized spacial score (nSPS) is 11.2. The van der Waals surface area contributed by atoms with Crippen molar-refractivity contribution >= 4 is 29.5 Å². The Morgan fingerprint density at radius 2 is 1.53 bits per heavy atom. The molecule has 9 heteroatoms. The Morgan fingerprint density at radius 1 is 0.875 bits per heavy atom. The first-order valence-corrected chi connectivity index (χ1v) is 11.5. The van der Waals surface area contributed by atoms with Crippen molar-refractivity contribution in [2.75, 3.05) is 25.2 Å². The van der Waals surface area contributed by atoms with Crippen molar-refractivity contribution in [2.24, 2.45) is 0 Å². The van der Waals surface area contributed by atoms with Crippen LogP contribution in [0.2, 0.25) is 0 Å². The number of hydrogen-bond donors (Lipinski definition) is 3. The number of ether oxygens (including phenoxy) is 2. The molecule has 0 aliphatic carbocycles. The lowest BCUT2D eigenvalue weighted by Gasteiger charge is -2.19. The van der Waals surface area contributed by atoms with Crippen molar-refractivity contribution in [1.82, 2.24) is 16.2 Å². The maximum absolute atomic E-state index is 12.5. The van der Waals surface area contributed by atoms with Gasteiger partial charge in [-0.15, -0.1) is 0 Å². The summed E-state index contributed by atoms with van der Waals surface area (Å²) in [5.74, 6) is 0.388. The summed E-state index contributed by atoms with van der Waals surface area (Å²) >= 11 is 1.55. The van der Waals surface area contributed by atoms with Gasteiger partial charge in [-0.25, -0.2) is 0 Å². The van der Waals surface area contributed by atoms with Gasteiger partial charge in [-0.05, 0) is 55.5 Å². The summed E-state index contributed by atoms with van der Waals surface area (Å²) in [7, 11) is 0. The zero-order valence-electron chi connectivity index (χ0n) is 18.5. The van der Waals surface area contributed by atoms with E-state index in [-0.39, 0.29) is 13.2 Å². The van der Waals surface area contributed by atoms with E-state index in [9.17, 15) is 14.4 Å². The molecule has 3 amide bonds. The average Bonchev–Trinajstić information content (AvgIpc) is 2.79. The van der Waals surface area contributed by atoms with Crippen LogP contribution in [0.1, 0.15) is 17.5 Å². The molecular weight excluding hydrogens is 430 g/mol. The van der Waals surface area contributed by atoms with E-state index in [1.54, 1.807) is 36.0 Å². The zero-order chi connectivity index (χ0) is 23.3. The highest BCUT2D eigenvalue weighted by Crippen LogP contribution is 2.21. The number of aryl methyl sites for hydroxylation is 2. The minimum absolute atomic E-state index is 0.219. The molecule has 0 bridgehead atoms. The third-order valence-electron chi connectivity index (χ3n) is 4.46. The quantitative estimate of drug-likeness (QED) is 0.445. The Bertz CT molecular complexity index is 888. The average molecular weight is 460 g/mol. The van der Waals surface area contributed by atoms with Crippen molar-refractivity contribution in [3.63, 3.8) is 0 Å². The summed E-state index contributed by atoms with van der Waals surface area (Å²) in [6, 6.07) is 13.8. The van der Waals surface area contributed by atoms with E-state index in [1.807, 2.05) is 44.4 Å². The number of hydrogen-bond acceptors (Lipinski definition) is 6. The van der Waals surface area contributed by atoms with E-state index < -0.39 is 23.8 Å². The fraction of sp³-hybridized carbons (Fsp3) is 0.348. The molecule has 0 aliphatic rings. The number of thioether (sulfide) groups is 1. The van der Waals surface area contributed by atoms with E-state index in [1.165, 1.54) is 0 Å². The van der Waals surface area contributed by atoms with Gasteiger partial charge in [-0.2, -0.15) is 11.8 Å². The number of para-hydroxylation sites is 2. The molecule has 2 aromatic carbocycles. The van der Waals surface area contributed by atoms with Crippen LogP contribution >= 0.6 is 11.8 Å². The van der Waals surface area contributed by atoms with Crippen LogP contribution in [-0.4, -0.2) is 49.0 Å². The van der Waals surface area contributed by atoms with Gasteiger partial charge in [0.05, 0.1) is 0 Å². The highest BCUT2D eigenvalue weighted by Gasteiger charge is 2.21. The first-order chi connectivity index (χ1) is 15.4. The molecule has 3 N–H and O–H groups in total.